The SMILES string of the molecule is COc1nc(C)nc2c1ncn2[C@@H]1O[C@H](COP(=O)(N[C@@H](CC(C)C)C(=O)OC(C)C)OC(C)C(=O)OCc2ccccc2)C(O)[C@]1(C)O. The number of hydrogen-bond acceptors (Lipinski definition) is 14. The fourth-order valence-corrected chi connectivity index (χ4v) is 6.87. The number of benzene rings is 1. The van der Waals surface area contributed by atoms with E-state index in [4.69, 9.17) is 28.0 Å². The molecule has 17 heteroatoms. The second-order valence-electron chi connectivity index (χ2n) is 12.7. The van der Waals surface area contributed by atoms with Crippen molar-refractivity contribution in [3.05, 3.63) is 48.0 Å². The molecule has 49 heavy (non-hydrogen) atoms. The smallest absolute Gasteiger partial charge is 0.407 e. The molecule has 1 aliphatic rings. The number of carbonyl (C=O) groups excluding carboxylic acids is 2. The second-order valence-corrected chi connectivity index (χ2v) is 14.5. The molecule has 0 aliphatic carbocycles. The molecule has 1 aliphatic heterocycles. The number of nitrogens with one attached hydrogen (secondary N) is 1. The van der Waals surface area contributed by atoms with E-state index < -0.39 is 68.6 Å². The molecule has 4 rings (SSSR count). The van der Waals surface area contributed by atoms with E-state index in [9.17, 15) is 24.4 Å². The number of hydrogen-bond donors (Lipinski definition) is 3. The molecule has 0 bridgehead atoms. The average molecular weight is 708 g/mol. The Hall–Kier alpha value is -3.50. The van der Waals surface area contributed by atoms with Crippen LogP contribution in [-0.4, -0.2) is 91.4 Å². The molecule has 1 fully saturated rings. The maximum absolute atomic E-state index is 14.4. The van der Waals surface area contributed by atoms with Gasteiger partial charge in [-0.2, -0.15) is 4.98 Å². The predicted molar refractivity (Wildman–Crippen MR) is 175 cm³/mol. The zero-order chi connectivity index (χ0) is 36.1. The first-order valence-electron chi connectivity index (χ1n) is 16.0. The second kappa shape index (κ2) is 16.0. The van der Waals surface area contributed by atoms with Crippen molar-refractivity contribution >= 4 is 30.8 Å². The molecule has 1 aromatic carbocycles. The van der Waals surface area contributed by atoms with Gasteiger partial charge in [-0.25, -0.2) is 24.4 Å². The van der Waals surface area contributed by atoms with E-state index in [1.165, 1.54) is 31.9 Å². The largest absolute Gasteiger partial charge is 0.479 e. The van der Waals surface area contributed by atoms with E-state index in [0.29, 0.717) is 11.3 Å². The van der Waals surface area contributed by atoms with E-state index in [1.54, 1.807) is 45.0 Å². The summed E-state index contributed by atoms with van der Waals surface area (Å²) in [6, 6.07) is 7.81. The van der Waals surface area contributed by atoms with Crippen LogP contribution in [0.15, 0.2) is 36.7 Å². The van der Waals surface area contributed by atoms with Crippen LogP contribution < -0.4 is 9.82 Å². The van der Waals surface area contributed by atoms with E-state index in [1.807, 2.05) is 19.9 Å². The molecule has 1 saturated heterocycles. The number of imidazole rings is 1. The van der Waals surface area contributed by atoms with Gasteiger partial charge >= 0.3 is 19.7 Å². The highest BCUT2D eigenvalue weighted by Gasteiger charge is 2.54. The van der Waals surface area contributed by atoms with Crippen LogP contribution in [0.3, 0.4) is 0 Å². The van der Waals surface area contributed by atoms with Crippen LogP contribution in [0.2, 0.25) is 0 Å². The molecule has 3 heterocycles. The highest BCUT2D eigenvalue weighted by molar-refractivity contribution is 7.51. The van der Waals surface area contributed by atoms with E-state index in [0.717, 1.165) is 5.56 Å². The van der Waals surface area contributed by atoms with Crippen LogP contribution >= 0.6 is 7.75 Å². The van der Waals surface area contributed by atoms with Gasteiger partial charge in [-0.3, -0.25) is 18.4 Å². The number of aliphatic hydroxyl groups excluding tert-OH is 1. The molecular weight excluding hydrogens is 661 g/mol. The molecule has 0 saturated carbocycles. The third-order valence-corrected chi connectivity index (χ3v) is 9.33. The Morgan fingerprint density at radius 2 is 1.82 bits per heavy atom. The Balaban J connectivity index is 1.57. The predicted octanol–water partition coefficient (Wildman–Crippen LogP) is 3.38. The molecule has 0 radical (unpaired) electrons. The maximum atomic E-state index is 14.4. The molecule has 2 aromatic heterocycles. The third kappa shape index (κ3) is 9.39. The van der Waals surface area contributed by atoms with Gasteiger partial charge < -0.3 is 29.2 Å². The number of carbonyl (C=O) groups is 2. The van der Waals surface area contributed by atoms with Gasteiger partial charge in [-0.15, -0.1) is 0 Å². The third-order valence-electron chi connectivity index (χ3n) is 7.62. The van der Waals surface area contributed by atoms with E-state index in [2.05, 4.69) is 20.0 Å². The summed E-state index contributed by atoms with van der Waals surface area (Å²) in [5, 5.41) is 25.3. The number of methoxy groups -OCH3 is 1. The van der Waals surface area contributed by atoms with Crippen LogP contribution in [0.4, 0.5) is 0 Å². The van der Waals surface area contributed by atoms with Crippen LogP contribution in [0, 0.1) is 12.8 Å². The minimum absolute atomic E-state index is 0.0501. The summed E-state index contributed by atoms with van der Waals surface area (Å²) < 4.78 is 49.4. The average Bonchev–Trinajstić information content (AvgIpc) is 3.54. The quantitative estimate of drug-likeness (QED) is 0.144. The molecule has 7 atom stereocenters. The summed E-state index contributed by atoms with van der Waals surface area (Å²) >= 11 is 0. The van der Waals surface area contributed by atoms with Crippen molar-refractivity contribution < 1.29 is 52.4 Å². The highest BCUT2D eigenvalue weighted by atomic mass is 31.2. The van der Waals surface area contributed by atoms with Crippen LogP contribution in [0.1, 0.15) is 65.6 Å². The summed E-state index contributed by atoms with van der Waals surface area (Å²) in [5.41, 5.74) is -0.598. The lowest BCUT2D eigenvalue weighted by atomic mass is 9.96. The molecule has 270 valence electrons. The lowest BCUT2D eigenvalue weighted by Gasteiger charge is -2.28. The Labute approximate surface area is 285 Å². The van der Waals surface area contributed by atoms with Gasteiger partial charge in [0, 0.05) is 0 Å². The molecular formula is C32H46N5O11P. The van der Waals surface area contributed by atoms with Crippen molar-refractivity contribution in [1.82, 2.24) is 24.6 Å². The lowest BCUT2D eigenvalue weighted by Crippen LogP contribution is -2.45. The number of esters is 2. The zero-order valence-corrected chi connectivity index (χ0v) is 29.8. The minimum atomic E-state index is -4.57. The first kappa shape index (κ1) is 38.3. The standard InChI is InChI=1S/C32H46N5O11P/c1-18(2)14-23(30(40)46-19(3)4)36-49(42,48-20(5)29(39)44-15-22-12-10-9-11-13-22)45-16-24-26(38)32(7,41)31(47-24)37-17-33-25-27(37)34-21(6)35-28(25)43-8/h9-13,17-20,23-24,26,31,38,41H,14-16H2,1-8H3,(H,36,42)/t20?,23-,24+,26?,31+,32-,49?/m0/s1. The normalized spacial score (nSPS) is 23.4. The minimum Gasteiger partial charge on any atom is -0.479 e. The first-order chi connectivity index (χ1) is 23.0. The Kier molecular flexibility index (Phi) is 12.5. The van der Waals surface area contributed by atoms with Gasteiger partial charge in [0.25, 0.3) is 0 Å². The van der Waals surface area contributed by atoms with E-state index in [-0.39, 0.29) is 30.5 Å². The summed E-state index contributed by atoms with van der Waals surface area (Å²) in [6.07, 6.45) is -4.39. The fraction of sp³-hybridized carbons (Fsp3) is 0.594. The van der Waals surface area contributed by atoms with Crippen molar-refractivity contribution in [3.63, 3.8) is 0 Å². The van der Waals surface area contributed by atoms with Crippen molar-refractivity contribution in [1.29, 1.82) is 0 Å². The van der Waals surface area contributed by atoms with Gasteiger partial charge in [0.15, 0.2) is 23.5 Å². The number of aliphatic hydroxyl groups is 2. The van der Waals surface area contributed by atoms with Crippen LogP contribution in [-0.2, 0) is 44.0 Å². The maximum Gasteiger partial charge on any atom is 0.407 e. The molecule has 3 unspecified atom stereocenters. The lowest BCUT2D eigenvalue weighted by molar-refractivity contribution is -0.153. The van der Waals surface area contributed by atoms with Crippen molar-refractivity contribution in [2.24, 2.45) is 5.92 Å². The van der Waals surface area contributed by atoms with Gasteiger partial charge in [0.2, 0.25) is 5.88 Å². The summed E-state index contributed by atoms with van der Waals surface area (Å²) in [4.78, 5) is 38.9. The van der Waals surface area contributed by atoms with Gasteiger partial charge in [-0.05, 0) is 52.5 Å². The molecule has 3 N–H and O–H groups in total. The summed E-state index contributed by atoms with van der Waals surface area (Å²) in [7, 11) is -3.14. The Bertz CT molecular complexity index is 1630. The number of aryl methyl sites for hydroxylation is 1. The van der Waals surface area contributed by atoms with Crippen molar-refractivity contribution in [2.75, 3.05) is 13.7 Å². The molecule has 0 amide bonds. The van der Waals surface area contributed by atoms with Crippen LogP contribution in [0.5, 0.6) is 5.88 Å². The first-order valence-corrected chi connectivity index (χ1v) is 17.5. The summed E-state index contributed by atoms with van der Waals surface area (Å²) in [5.74, 6) is -0.996. The van der Waals surface area contributed by atoms with Crippen molar-refractivity contribution in [2.45, 2.75) is 104 Å². The van der Waals surface area contributed by atoms with Crippen molar-refractivity contribution in [3.8, 4) is 5.88 Å². The zero-order valence-electron chi connectivity index (χ0n) is 28.9. The molecule has 0 spiro atoms. The Morgan fingerprint density at radius 1 is 1.12 bits per heavy atom. The number of ether oxygens (including phenoxy) is 4. The highest BCUT2D eigenvalue weighted by Crippen LogP contribution is 2.48. The Morgan fingerprint density at radius 3 is 2.45 bits per heavy atom. The van der Waals surface area contributed by atoms with Gasteiger partial charge in [0.1, 0.15) is 36.3 Å². The fourth-order valence-electron chi connectivity index (χ4n) is 5.23. The summed E-state index contributed by atoms with van der Waals surface area (Å²) in [6.45, 7) is 10.8. The number of aromatic nitrogens is 4. The number of rotatable bonds is 16. The van der Waals surface area contributed by atoms with Crippen LogP contribution in [0.25, 0.3) is 11.2 Å². The molecule has 3 aromatic rings. The van der Waals surface area contributed by atoms with Gasteiger partial charge in [0.05, 0.1) is 26.1 Å². The number of fused-ring (bicyclic) bond motifs is 1. The number of nitrogens with zero attached hydrogens (tertiary/aromatic N) is 4. The van der Waals surface area contributed by atoms with Gasteiger partial charge in [-0.1, -0.05) is 44.2 Å². The monoisotopic (exact) mass is 707 g/mol. The van der Waals surface area contributed by atoms with E-state index >= 15 is 0 Å². The molecule has 16 nitrogen and oxygen atoms in total. The topological polar surface area (TPSA) is 203 Å².